The Labute approximate surface area is 123 Å². The van der Waals surface area contributed by atoms with Gasteiger partial charge in [-0.3, -0.25) is 4.57 Å². The Morgan fingerprint density at radius 1 is 1.11 bits per heavy atom. The van der Waals surface area contributed by atoms with E-state index in [2.05, 4.69) is 4.98 Å². The topological polar surface area (TPSA) is 20.7 Å². The van der Waals surface area contributed by atoms with Crippen LogP contribution in [0.15, 0.2) is 36.4 Å². The van der Waals surface area contributed by atoms with E-state index in [1.165, 1.54) is 12.1 Å². The van der Waals surface area contributed by atoms with Crippen LogP contribution in [0.25, 0.3) is 16.7 Å². The molecule has 0 fully saturated rings. The molecule has 2 nitrogen and oxygen atoms in total. The number of rotatable bonds is 1. The van der Waals surface area contributed by atoms with Gasteiger partial charge in [0, 0.05) is 16.8 Å². The first-order valence-corrected chi connectivity index (χ1v) is 6.58. The van der Waals surface area contributed by atoms with Crippen LogP contribution in [0.5, 0.6) is 0 Å². The monoisotopic (exact) mass is 312 g/mol. The van der Waals surface area contributed by atoms with E-state index in [4.69, 9.17) is 35.4 Å². The van der Waals surface area contributed by atoms with Crippen molar-refractivity contribution >= 4 is 46.5 Å². The summed E-state index contributed by atoms with van der Waals surface area (Å²) in [7, 11) is 0. The quantitative estimate of drug-likeness (QED) is 0.617. The van der Waals surface area contributed by atoms with Crippen molar-refractivity contribution in [3.63, 3.8) is 0 Å². The molecular formula is C13H7Cl2FN2S. The first-order valence-electron chi connectivity index (χ1n) is 5.42. The van der Waals surface area contributed by atoms with E-state index in [9.17, 15) is 4.39 Å². The number of fused-ring (bicyclic) bond motifs is 1. The van der Waals surface area contributed by atoms with Gasteiger partial charge in [0.1, 0.15) is 5.82 Å². The first kappa shape index (κ1) is 12.7. The number of halogens is 3. The largest absolute Gasteiger partial charge is 0.330 e. The molecule has 2 aromatic carbocycles. The highest BCUT2D eigenvalue weighted by atomic mass is 35.5. The van der Waals surface area contributed by atoms with E-state index < -0.39 is 5.82 Å². The number of H-pyrrole nitrogens is 1. The number of nitrogens with zero attached hydrogens (tertiary/aromatic N) is 1. The molecule has 0 saturated carbocycles. The lowest BCUT2D eigenvalue weighted by molar-refractivity contribution is 0.629. The second kappa shape index (κ2) is 4.63. The van der Waals surface area contributed by atoms with Crippen LogP contribution in [0.3, 0.4) is 0 Å². The summed E-state index contributed by atoms with van der Waals surface area (Å²) in [6.45, 7) is 0. The third-order valence-electron chi connectivity index (χ3n) is 2.81. The molecule has 0 saturated heterocycles. The van der Waals surface area contributed by atoms with Gasteiger partial charge in [0.05, 0.1) is 16.1 Å². The maximum absolute atomic E-state index is 13.6. The van der Waals surface area contributed by atoms with Crippen molar-refractivity contribution in [2.24, 2.45) is 0 Å². The highest BCUT2D eigenvalue weighted by Crippen LogP contribution is 2.25. The maximum atomic E-state index is 13.6. The van der Waals surface area contributed by atoms with Gasteiger partial charge in [-0.05, 0) is 42.5 Å². The molecule has 0 spiro atoms. The fourth-order valence-corrected chi connectivity index (χ4v) is 2.55. The van der Waals surface area contributed by atoms with Gasteiger partial charge in [0.2, 0.25) is 0 Å². The van der Waals surface area contributed by atoms with Gasteiger partial charge in [-0.2, -0.15) is 0 Å². The van der Waals surface area contributed by atoms with E-state index in [0.29, 0.717) is 20.8 Å². The van der Waals surface area contributed by atoms with Gasteiger partial charge in [-0.15, -0.1) is 0 Å². The van der Waals surface area contributed by atoms with Gasteiger partial charge in [0.25, 0.3) is 0 Å². The molecule has 0 aliphatic rings. The maximum Gasteiger partial charge on any atom is 0.182 e. The Morgan fingerprint density at radius 3 is 2.47 bits per heavy atom. The Bertz CT molecular complexity index is 821. The number of benzene rings is 2. The fourth-order valence-electron chi connectivity index (χ4n) is 1.95. The summed E-state index contributed by atoms with van der Waals surface area (Å²) < 4.78 is 15.8. The van der Waals surface area contributed by atoms with Gasteiger partial charge < -0.3 is 4.98 Å². The molecule has 0 aliphatic heterocycles. The van der Waals surface area contributed by atoms with Crippen LogP contribution in [0.2, 0.25) is 10.0 Å². The van der Waals surface area contributed by atoms with E-state index in [0.717, 1.165) is 5.69 Å². The summed E-state index contributed by atoms with van der Waals surface area (Å²) in [5.74, 6) is -0.481. The molecule has 1 heterocycles. The lowest BCUT2D eigenvalue weighted by atomic mass is 10.2. The molecule has 0 amide bonds. The number of nitrogens with one attached hydrogen (secondary N) is 1. The zero-order valence-corrected chi connectivity index (χ0v) is 11.8. The SMILES string of the molecule is Fc1cc2c(cc1Cl)[nH]c(=S)n2-c1ccc(Cl)cc1. The van der Waals surface area contributed by atoms with Crippen molar-refractivity contribution in [1.82, 2.24) is 9.55 Å². The van der Waals surface area contributed by atoms with Crippen LogP contribution in [0.1, 0.15) is 0 Å². The molecule has 0 atom stereocenters. The molecule has 0 aliphatic carbocycles. The van der Waals surface area contributed by atoms with Crippen LogP contribution in [-0.2, 0) is 0 Å². The van der Waals surface area contributed by atoms with Crippen LogP contribution in [-0.4, -0.2) is 9.55 Å². The molecule has 6 heteroatoms. The third kappa shape index (κ3) is 2.16. The van der Waals surface area contributed by atoms with Crippen LogP contribution >= 0.6 is 35.4 Å². The zero-order chi connectivity index (χ0) is 13.6. The minimum atomic E-state index is -0.481. The number of hydrogen-bond donors (Lipinski definition) is 1. The number of imidazole rings is 1. The lowest BCUT2D eigenvalue weighted by Crippen LogP contribution is -1.93. The second-order valence-electron chi connectivity index (χ2n) is 4.03. The normalized spacial score (nSPS) is 11.1. The van der Waals surface area contributed by atoms with Crippen LogP contribution < -0.4 is 0 Å². The van der Waals surface area contributed by atoms with Crippen LogP contribution in [0.4, 0.5) is 4.39 Å². The highest BCUT2D eigenvalue weighted by molar-refractivity contribution is 7.71. The van der Waals surface area contributed by atoms with E-state index >= 15 is 0 Å². The Hall–Kier alpha value is -1.36. The molecular weight excluding hydrogens is 306 g/mol. The summed E-state index contributed by atoms with van der Waals surface area (Å²) in [5, 5.41) is 0.691. The predicted molar refractivity (Wildman–Crippen MR) is 78.4 cm³/mol. The van der Waals surface area contributed by atoms with E-state index in [-0.39, 0.29) is 5.02 Å². The van der Waals surface area contributed by atoms with Crippen molar-refractivity contribution in [1.29, 1.82) is 0 Å². The lowest BCUT2D eigenvalue weighted by Gasteiger charge is -2.05. The molecule has 3 aromatic rings. The summed E-state index contributed by atoms with van der Waals surface area (Å²) in [6, 6.07) is 10.0. The summed E-state index contributed by atoms with van der Waals surface area (Å²) in [5.41, 5.74) is 2.13. The van der Waals surface area contributed by atoms with Gasteiger partial charge in [0.15, 0.2) is 4.77 Å². The summed E-state index contributed by atoms with van der Waals surface area (Å²) in [4.78, 5) is 3.00. The number of aromatic nitrogens is 2. The van der Waals surface area contributed by atoms with Crippen LogP contribution in [0, 0.1) is 10.6 Å². The van der Waals surface area contributed by atoms with Crippen molar-refractivity contribution in [2.45, 2.75) is 0 Å². The second-order valence-corrected chi connectivity index (χ2v) is 5.26. The number of aromatic amines is 1. The molecule has 1 N–H and O–H groups in total. The van der Waals surface area contributed by atoms with Gasteiger partial charge >= 0.3 is 0 Å². The third-order valence-corrected chi connectivity index (χ3v) is 3.64. The molecule has 0 radical (unpaired) electrons. The summed E-state index contributed by atoms with van der Waals surface area (Å²) >= 11 is 16.9. The molecule has 1 aromatic heterocycles. The molecule has 0 unspecified atom stereocenters. The predicted octanol–water partition coefficient (Wildman–Crippen LogP) is 5.13. The Balaban J connectivity index is 2.34. The molecule has 3 rings (SSSR count). The average Bonchev–Trinajstić information content (AvgIpc) is 2.67. The Kier molecular flexibility index (Phi) is 3.09. The van der Waals surface area contributed by atoms with Gasteiger partial charge in [-0.25, -0.2) is 4.39 Å². The summed E-state index contributed by atoms with van der Waals surface area (Å²) in [6.07, 6.45) is 0. The minimum absolute atomic E-state index is 0.0620. The highest BCUT2D eigenvalue weighted by Gasteiger charge is 2.10. The molecule has 19 heavy (non-hydrogen) atoms. The average molecular weight is 313 g/mol. The number of hydrogen-bond acceptors (Lipinski definition) is 1. The fraction of sp³-hybridized carbons (Fsp3) is 0. The Morgan fingerprint density at radius 2 is 1.79 bits per heavy atom. The zero-order valence-electron chi connectivity index (χ0n) is 9.45. The van der Waals surface area contributed by atoms with E-state index in [1.807, 2.05) is 12.1 Å². The van der Waals surface area contributed by atoms with Crippen molar-refractivity contribution < 1.29 is 4.39 Å². The smallest absolute Gasteiger partial charge is 0.182 e. The standard InChI is InChI=1S/C13H7Cl2FN2S/c14-7-1-3-8(4-2-7)18-12-6-10(16)9(15)5-11(12)17-13(18)19/h1-6H,(H,17,19). The molecule has 0 bridgehead atoms. The minimum Gasteiger partial charge on any atom is -0.330 e. The molecule has 96 valence electrons. The van der Waals surface area contributed by atoms with Crippen molar-refractivity contribution in [3.05, 3.63) is 57.0 Å². The van der Waals surface area contributed by atoms with Gasteiger partial charge in [-0.1, -0.05) is 23.2 Å². The van der Waals surface area contributed by atoms with Crippen molar-refractivity contribution in [2.75, 3.05) is 0 Å². The van der Waals surface area contributed by atoms with Crippen molar-refractivity contribution in [3.8, 4) is 5.69 Å². The first-order chi connectivity index (χ1) is 9.06. The van der Waals surface area contributed by atoms with E-state index in [1.54, 1.807) is 16.7 Å².